The number of hydrogen-bond donors (Lipinski definition) is 0. The second kappa shape index (κ2) is 5.84. The van der Waals surface area contributed by atoms with Crippen LogP contribution in [0, 0.1) is 5.41 Å². The van der Waals surface area contributed by atoms with Gasteiger partial charge in [0.2, 0.25) is 0 Å². The van der Waals surface area contributed by atoms with E-state index in [1.807, 2.05) is 28.8 Å². The molecule has 2 aromatic carbocycles. The molecule has 0 aliphatic rings. The van der Waals surface area contributed by atoms with Gasteiger partial charge in [0.25, 0.3) is 0 Å². The maximum atomic E-state index is 12.7. The molecule has 0 aliphatic carbocycles. The molecule has 4 heteroatoms. The first-order valence-electron chi connectivity index (χ1n) is 8.89. The lowest BCUT2D eigenvalue weighted by Gasteiger charge is -2.18. The van der Waals surface area contributed by atoms with Crippen LogP contribution in [-0.4, -0.2) is 14.1 Å². The normalized spacial score (nSPS) is 12.2. The van der Waals surface area contributed by atoms with E-state index in [9.17, 15) is 4.79 Å². The van der Waals surface area contributed by atoms with Gasteiger partial charge in [0.1, 0.15) is 0 Å². The van der Waals surface area contributed by atoms with Gasteiger partial charge >= 0.3 is 5.69 Å². The Labute approximate surface area is 152 Å². The Balaban J connectivity index is 1.87. The van der Waals surface area contributed by atoms with Crippen molar-refractivity contribution in [3.8, 4) is 11.3 Å². The van der Waals surface area contributed by atoms with E-state index >= 15 is 0 Å². The molecule has 0 atom stereocenters. The van der Waals surface area contributed by atoms with Gasteiger partial charge in [0.15, 0.2) is 5.65 Å². The standard InChI is InChI=1S/C22H23N3O/c1-22(2,3)14-25-19-12-11-18(23-20(19)24(4)21(25)26)17-10-9-15-7-5-6-8-16(15)13-17/h5-13H,14H2,1-4H3. The largest absolute Gasteiger partial charge is 0.330 e. The summed E-state index contributed by atoms with van der Waals surface area (Å²) in [4.78, 5) is 17.5. The van der Waals surface area contributed by atoms with Gasteiger partial charge in [-0.05, 0) is 34.4 Å². The zero-order chi connectivity index (χ0) is 18.5. The van der Waals surface area contributed by atoms with Crippen LogP contribution in [0.15, 0.2) is 59.4 Å². The average Bonchev–Trinajstić information content (AvgIpc) is 2.84. The minimum atomic E-state index is -0.0157. The lowest BCUT2D eigenvalue weighted by atomic mass is 9.97. The molecule has 0 fully saturated rings. The molecule has 0 saturated carbocycles. The van der Waals surface area contributed by atoms with Crippen molar-refractivity contribution in [2.24, 2.45) is 12.5 Å². The fourth-order valence-corrected chi connectivity index (χ4v) is 3.41. The van der Waals surface area contributed by atoms with Crippen LogP contribution in [-0.2, 0) is 13.6 Å². The maximum absolute atomic E-state index is 12.7. The second-order valence-electron chi connectivity index (χ2n) is 8.09. The predicted octanol–water partition coefficient (Wildman–Crippen LogP) is 4.60. The molecular weight excluding hydrogens is 322 g/mol. The summed E-state index contributed by atoms with van der Waals surface area (Å²) in [5.41, 5.74) is 3.56. The van der Waals surface area contributed by atoms with E-state index in [4.69, 9.17) is 4.98 Å². The van der Waals surface area contributed by atoms with Gasteiger partial charge in [-0.2, -0.15) is 0 Å². The molecule has 0 amide bonds. The molecule has 0 bridgehead atoms. The summed E-state index contributed by atoms with van der Waals surface area (Å²) in [6.45, 7) is 7.07. The van der Waals surface area contributed by atoms with Gasteiger partial charge in [-0.15, -0.1) is 0 Å². The first kappa shape index (κ1) is 16.6. The number of rotatable bonds is 2. The number of fused-ring (bicyclic) bond motifs is 2. The quantitative estimate of drug-likeness (QED) is 0.532. The molecule has 26 heavy (non-hydrogen) atoms. The van der Waals surface area contributed by atoms with Crippen LogP contribution in [0.2, 0.25) is 0 Å². The predicted molar refractivity (Wildman–Crippen MR) is 107 cm³/mol. The summed E-state index contributed by atoms with van der Waals surface area (Å²) in [7, 11) is 1.79. The minimum Gasteiger partial charge on any atom is -0.290 e. The highest BCUT2D eigenvalue weighted by molar-refractivity contribution is 5.87. The lowest BCUT2D eigenvalue weighted by Crippen LogP contribution is -2.27. The Kier molecular flexibility index (Phi) is 3.72. The van der Waals surface area contributed by atoms with Gasteiger partial charge in [0.05, 0.1) is 11.2 Å². The molecular formula is C22H23N3O. The zero-order valence-electron chi connectivity index (χ0n) is 15.7. The van der Waals surface area contributed by atoms with Gasteiger partial charge in [-0.25, -0.2) is 9.78 Å². The Morgan fingerprint density at radius 2 is 1.69 bits per heavy atom. The van der Waals surface area contributed by atoms with Crippen LogP contribution >= 0.6 is 0 Å². The monoisotopic (exact) mass is 345 g/mol. The third-order valence-corrected chi connectivity index (χ3v) is 4.66. The molecule has 2 heterocycles. The van der Waals surface area contributed by atoms with E-state index in [1.54, 1.807) is 11.6 Å². The first-order chi connectivity index (χ1) is 12.3. The maximum Gasteiger partial charge on any atom is 0.330 e. The lowest BCUT2D eigenvalue weighted by molar-refractivity contribution is 0.342. The smallest absolute Gasteiger partial charge is 0.290 e. The Morgan fingerprint density at radius 3 is 2.42 bits per heavy atom. The number of aryl methyl sites for hydroxylation is 1. The van der Waals surface area contributed by atoms with Crippen molar-refractivity contribution in [2.75, 3.05) is 0 Å². The molecule has 2 aromatic heterocycles. The average molecular weight is 345 g/mol. The number of pyridine rings is 1. The Bertz CT molecular complexity index is 1180. The first-order valence-corrected chi connectivity index (χ1v) is 8.89. The van der Waals surface area contributed by atoms with Gasteiger partial charge in [-0.1, -0.05) is 57.2 Å². The van der Waals surface area contributed by atoms with Crippen molar-refractivity contribution >= 4 is 21.9 Å². The second-order valence-corrected chi connectivity index (χ2v) is 8.09. The van der Waals surface area contributed by atoms with Crippen molar-refractivity contribution < 1.29 is 0 Å². The molecule has 0 radical (unpaired) electrons. The van der Waals surface area contributed by atoms with Crippen LogP contribution in [0.5, 0.6) is 0 Å². The summed E-state index contributed by atoms with van der Waals surface area (Å²) in [6, 6.07) is 18.7. The molecule has 4 aromatic rings. The van der Waals surface area contributed by atoms with Crippen LogP contribution < -0.4 is 5.69 Å². The van der Waals surface area contributed by atoms with E-state index in [0.29, 0.717) is 6.54 Å². The number of nitrogens with zero attached hydrogens (tertiary/aromatic N) is 3. The van der Waals surface area contributed by atoms with Crippen molar-refractivity contribution in [3.63, 3.8) is 0 Å². The topological polar surface area (TPSA) is 39.8 Å². The molecule has 0 unspecified atom stereocenters. The van der Waals surface area contributed by atoms with Gasteiger partial charge < -0.3 is 0 Å². The highest BCUT2D eigenvalue weighted by atomic mass is 16.1. The van der Waals surface area contributed by atoms with Crippen LogP contribution in [0.1, 0.15) is 20.8 Å². The van der Waals surface area contributed by atoms with Crippen molar-refractivity contribution in [3.05, 3.63) is 65.1 Å². The summed E-state index contributed by atoms with van der Waals surface area (Å²) in [5, 5.41) is 2.40. The molecule has 4 nitrogen and oxygen atoms in total. The van der Waals surface area contributed by atoms with E-state index in [-0.39, 0.29) is 11.1 Å². The summed E-state index contributed by atoms with van der Waals surface area (Å²) in [5.74, 6) is 0. The fourth-order valence-electron chi connectivity index (χ4n) is 3.41. The SMILES string of the molecule is Cn1c(=O)n(CC(C)(C)C)c2ccc(-c3ccc4ccccc4c3)nc21. The van der Waals surface area contributed by atoms with Gasteiger partial charge in [0, 0.05) is 19.2 Å². The van der Waals surface area contributed by atoms with E-state index in [2.05, 4.69) is 51.1 Å². The molecule has 0 aliphatic heterocycles. The molecule has 0 saturated heterocycles. The van der Waals surface area contributed by atoms with Crippen molar-refractivity contribution in [1.82, 2.24) is 14.1 Å². The van der Waals surface area contributed by atoms with Crippen LogP contribution in [0.3, 0.4) is 0 Å². The summed E-state index contributed by atoms with van der Waals surface area (Å²) < 4.78 is 3.47. The number of benzene rings is 2. The van der Waals surface area contributed by atoms with Crippen molar-refractivity contribution in [1.29, 1.82) is 0 Å². The molecule has 0 spiro atoms. The third-order valence-electron chi connectivity index (χ3n) is 4.66. The minimum absolute atomic E-state index is 0.0157. The summed E-state index contributed by atoms with van der Waals surface area (Å²) in [6.07, 6.45) is 0. The Morgan fingerprint density at radius 1 is 0.962 bits per heavy atom. The number of hydrogen-bond acceptors (Lipinski definition) is 2. The third kappa shape index (κ3) is 2.81. The highest BCUT2D eigenvalue weighted by Crippen LogP contribution is 2.25. The highest BCUT2D eigenvalue weighted by Gasteiger charge is 2.18. The summed E-state index contributed by atoms with van der Waals surface area (Å²) >= 11 is 0. The van der Waals surface area contributed by atoms with Crippen LogP contribution in [0.25, 0.3) is 33.2 Å². The Hall–Kier alpha value is -2.88. The van der Waals surface area contributed by atoms with Gasteiger partial charge in [-0.3, -0.25) is 9.13 Å². The molecule has 4 rings (SSSR count). The zero-order valence-corrected chi connectivity index (χ0v) is 15.7. The van der Waals surface area contributed by atoms with Crippen LogP contribution in [0.4, 0.5) is 0 Å². The van der Waals surface area contributed by atoms with E-state index in [0.717, 1.165) is 22.4 Å². The fraction of sp³-hybridized carbons (Fsp3) is 0.273. The van der Waals surface area contributed by atoms with Crippen molar-refractivity contribution in [2.45, 2.75) is 27.3 Å². The molecule has 132 valence electrons. The number of aromatic nitrogens is 3. The molecule has 0 N–H and O–H groups in total. The number of imidazole rings is 1. The van der Waals surface area contributed by atoms with E-state index < -0.39 is 0 Å². The van der Waals surface area contributed by atoms with E-state index in [1.165, 1.54) is 10.8 Å².